The zero-order valence-corrected chi connectivity index (χ0v) is 10.2. The third-order valence-corrected chi connectivity index (χ3v) is 2.28. The molecule has 0 aliphatic heterocycles. The summed E-state index contributed by atoms with van der Waals surface area (Å²) in [7, 11) is 1.91. The summed E-state index contributed by atoms with van der Waals surface area (Å²) in [5.41, 5.74) is 3.08. The molecule has 2 nitrogen and oxygen atoms in total. The van der Waals surface area contributed by atoms with Gasteiger partial charge in [-0.25, -0.2) is 0 Å². The van der Waals surface area contributed by atoms with Gasteiger partial charge in [0.15, 0.2) is 0 Å². The Balaban J connectivity index is 0.000000171. The molecule has 0 aromatic heterocycles. The highest BCUT2D eigenvalue weighted by Crippen LogP contribution is 2.01. The van der Waals surface area contributed by atoms with Crippen LogP contribution in [-0.4, -0.2) is 13.3 Å². The van der Waals surface area contributed by atoms with E-state index < -0.39 is 0 Å². The minimum atomic E-state index is 0.737. The van der Waals surface area contributed by atoms with E-state index in [4.69, 9.17) is 0 Å². The van der Waals surface area contributed by atoms with Gasteiger partial charge in [-0.05, 0) is 19.1 Å². The molecule has 0 aliphatic carbocycles. The third-order valence-electron chi connectivity index (χ3n) is 2.28. The standard InChI is InChI=1S/C8H8O.C7H9N/c1-7-2-4-8(6-9)5-3-7;1-8-7-5-3-2-4-6-7/h2-6H,1H3;2-6,8H,1H3. The van der Waals surface area contributed by atoms with E-state index in [0.29, 0.717) is 0 Å². The first-order valence-electron chi connectivity index (χ1n) is 5.51. The highest BCUT2D eigenvalue weighted by Gasteiger charge is 1.85. The van der Waals surface area contributed by atoms with Crippen molar-refractivity contribution >= 4 is 12.0 Å². The summed E-state index contributed by atoms with van der Waals surface area (Å²) in [6.45, 7) is 1.99. The van der Waals surface area contributed by atoms with Crippen LogP contribution < -0.4 is 5.32 Å². The van der Waals surface area contributed by atoms with E-state index in [1.54, 1.807) is 0 Å². The Morgan fingerprint density at radius 1 is 0.941 bits per heavy atom. The molecule has 1 N–H and O–H groups in total. The number of aryl methyl sites for hydroxylation is 1. The normalized spacial score (nSPS) is 8.82. The molecule has 2 aromatic rings. The van der Waals surface area contributed by atoms with Crippen LogP contribution >= 0.6 is 0 Å². The quantitative estimate of drug-likeness (QED) is 0.795. The molecule has 2 aromatic carbocycles. The van der Waals surface area contributed by atoms with Crippen molar-refractivity contribution in [2.45, 2.75) is 6.92 Å². The van der Waals surface area contributed by atoms with E-state index in [1.807, 2.05) is 68.6 Å². The third kappa shape index (κ3) is 4.98. The van der Waals surface area contributed by atoms with Crippen LogP contribution in [0, 0.1) is 6.92 Å². The predicted octanol–water partition coefficient (Wildman–Crippen LogP) is 3.54. The highest BCUT2D eigenvalue weighted by atomic mass is 16.1. The van der Waals surface area contributed by atoms with Crippen LogP contribution in [0.1, 0.15) is 15.9 Å². The van der Waals surface area contributed by atoms with E-state index in [1.165, 1.54) is 5.56 Å². The van der Waals surface area contributed by atoms with Gasteiger partial charge in [-0.2, -0.15) is 0 Å². The molecule has 0 atom stereocenters. The lowest BCUT2D eigenvalue weighted by molar-refractivity contribution is 0.112. The number of carbonyl (C=O) groups excluding carboxylic acids is 1. The van der Waals surface area contributed by atoms with Crippen molar-refractivity contribution in [2.75, 3.05) is 12.4 Å². The van der Waals surface area contributed by atoms with Crippen molar-refractivity contribution in [3.63, 3.8) is 0 Å². The molecule has 0 heterocycles. The lowest BCUT2D eigenvalue weighted by Crippen LogP contribution is -1.84. The molecule has 0 fully saturated rings. The molecule has 0 aliphatic rings. The Kier molecular flexibility index (Phi) is 5.52. The maximum atomic E-state index is 10.1. The summed E-state index contributed by atoms with van der Waals surface area (Å²) in [4.78, 5) is 10.1. The van der Waals surface area contributed by atoms with Crippen molar-refractivity contribution in [3.8, 4) is 0 Å². The molecule has 0 saturated heterocycles. The number of rotatable bonds is 2. The number of hydrogen-bond acceptors (Lipinski definition) is 2. The number of para-hydroxylation sites is 1. The first-order valence-corrected chi connectivity index (χ1v) is 5.51. The van der Waals surface area contributed by atoms with Crippen molar-refractivity contribution < 1.29 is 4.79 Å². The van der Waals surface area contributed by atoms with Gasteiger partial charge >= 0.3 is 0 Å². The number of carbonyl (C=O) groups is 1. The lowest BCUT2D eigenvalue weighted by Gasteiger charge is -1.94. The molecule has 0 amide bonds. The minimum absolute atomic E-state index is 0.737. The molecular weight excluding hydrogens is 210 g/mol. The SMILES string of the molecule is CNc1ccccc1.Cc1ccc(C=O)cc1. The van der Waals surface area contributed by atoms with Crippen molar-refractivity contribution in [2.24, 2.45) is 0 Å². The van der Waals surface area contributed by atoms with E-state index in [0.717, 1.165) is 17.5 Å². The summed E-state index contributed by atoms with van der Waals surface area (Å²) in [6.07, 6.45) is 0.847. The lowest BCUT2D eigenvalue weighted by atomic mass is 10.2. The largest absolute Gasteiger partial charge is 0.388 e. The molecule has 0 unspecified atom stereocenters. The minimum Gasteiger partial charge on any atom is -0.388 e. The summed E-state index contributed by atoms with van der Waals surface area (Å²) in [5, 5.41) is 3.03. The summed E-state index contributed by atoms with van der Waals surface area (Å²) in [6, 6.07) is 17.5. The Labute approximate surface area is 102 Å². The van der Waals surface area contributed by atoms with Gasteiger partial charge in [-0.15, -0.1) is 0 Å². The van der Waals surface area contributed by atoms with Crippen LogP contribution in [0.5, 0.6) is 0 Å². The average molecular weight is 227 g/mol. The maximum Gasteiger partial charge on any atom is 0.150 e. The van der Waals surface area contributed by atoms with E-state index in [9.17, 15) is 4.79 Å². The summed E-state index contributed by atoms with van der Waals surface area (Å²) in [5.74, 6) is 0. The first kappa shape index (κ1) is 13.0. The van der Waals surface area contributed by atoms with E-state index in [-0.39, 0.29) is 0 Å². The zero-order valence-electron chi connectivity index (χ0n) is 10.2. The second kappa shape index (κ2) is 7.23. The van der Waals surface area contributed by atoms with Crippen LogP contribution in [0.3, 0.4) is 0 Å². The van der Waals surface area contributed by atoms with Crippen LogP contribution in [-0.2, 0) is 0 Å². The van der Waals surface area contributed by atoms with Gasteiger partial charge in [-0.1, -0.05) is 48.0 Å². The molecule has 0 saturated carbocycles. The van der Waals surface area contributed by atoms with Gasteiger partial charge in [0.1, 0.15) is 6.29 Å². The molecule has 0 spiro atoms. The van der Waals surface area contributed by atoms with Gasteiger partial charge in [0.05, 0.1) is 0 Å². The predicted molar refractivity (Wildman–Crippen MR) is 72.6 cm³/mol. The maximum absolute atomic E-state index is 10.1. The van der Waals surface area contributed by atoms with Crippen LogP contribution in [0.2, 0.25) is 0 Å². The number of aldehydes is 1. The molecule has 17 heavy (non-hydrogen) atoms. The van der Waals surface area contributed by atoms with Gasteiger partial charge in [0, 0.05) is 18.3 Å². The second-order valence-corrected chi connectivity index (χ2v) is 3.64. The average Bonchev–Trinajstić information content (AvgIpc) is 2.41. The topological polar surface area (TPSA) is 29.1 Å². The molecular formula is C15H17NO. The number of nitrogens with one attached hydrogen (secondary N) is 1. The van der Waals surface area contributed by atoms with Crippen LogP contribution in [0.25, 0.3) is 0 Å². The highest BCUT2D eigenvalue weighted by molar-refractivity contribution is 5.74. The fourth-order valence-electron chi connectivity index (χ4n) is 1.25. The monoisotopic (exact) mass is 227 g/mol. The molecule has 2 rings (SSSR count). The molecule has 0 bridgehead atoms. The summed E-state index contributed by atoms with van der Waals surface area (Å²) < 4.78 is 0. The van der Waals surface area contributed by atoms with Crippen molar-refractivity contribution in [3.05, 3.63) is 65.7 Å². The first-order chi connectivity index (χ1) is 8.26. The van der Waals surface area contributed by atoms with Crippen LogP contribution in [0.15, 0.2) is 54.6 Å². The van der Waals surface area contributed by atoms with Gasteiger partial charge < -0.3 is 5.32 Å². The second-order valence-electron chi connectivity index (χ2n) is 3.64. The zero-order chi connectivity index (χ0) is 12.5. The molecule has 2 heteroatoms. The Hall–Kier alpha value is -2.09. The fraction of sp³-hybridized carbons (Fsp3) is 0.133. The fourth-order valence-corrected chi connectivity index (χ4v) is 1.25. The molecule has 88 valence electrons. The van der Waals surface area contributed by atoms with Gasteiger partial charge in [0.2, 0.25) is 0 Å². The number of benzene rings is 2. The summed E-state index contributed by atoms with van der Waals surface area (Å²) >= 11 is 0. The van der Waals surface area contributed by atoms with E-state index >= 15 is 0 Å². The van der Waals surface area contributed by atoms with Gasteiger partial charge in [0.25, 0.3) is 0 Å². The number of anilines is 1. The van der Waals surface area contributed by atoms with Gasteiger partial charge in [-0.3, -0.25) is 4.79 Å². The molecule has 0 radical (unpaired) electrons. The Morgan fingerprint density at radius 3 is 1.94 bits per heavy atom. The van der Waals surface area contributed by atoms with Crippen molar-refractivity contribution in [1.82, 2.24) is 0 Å². The van der Waals surface area contributed by atoms with Crippen molar-refractivity contribution in [1.29, 1.82) is 0 Å². The van der Waals surface area contributed by atoms with E-state index in [2.05, 4.69) is 5.32 Å². The Bertz CT molecular complexity index is 434. The smallest absolute Gasteiger partial charge is 0.150 e. The Morgan fingerprint density at radius 2 is 1.53 bits per heavy atom. The number of hydrogen-bond donors (Lipinski definition) is 1. The van der Waals surface area contributed by atoms with Crippen LogP contribution in [0.4, 0.5) is 5.69 Å².